The van der Waals surface area contributed by atoms with Crippen LogP contribution in [0.15, 0.2) is 190 Å². The van der Waals surface area contributed by atoms with E-state index in [2.05, 4.69) is 41.7 Å². The molecule has 16 heteroatoms. The number of azo groups is 2. The van der Waals surface area contributed by atoms with Crippen LogP contribution in [-0.4, -0.2) is 47.1 Å². The molecule has 6 N–H and O–H groups in total. The first-order valence-corrected chi connectivity index (χ1v) is 24.2. The van der Waals surface area contributed by atoms with Crippen LogP contribution >= 0.6 is 0 Å². The van der Waals surface area contributed by atoms with Gasteiger partial charge in [-0.05, 0) is 135 Å². The largest absolute Gasteiger partial charge is 0.505 e. The highest BCUT2D eigenvalue weighted by Crippen LogP contribution is 2.42. The van der Waals surface area contributed by atoms with Crippen molar-refractivity contribution in [2.75, 3.05) is 34.5 Å². The third kappa shape index (κ3) is 11.1. The van der Waals surface area contributed by atoms with Crippen molar-refractivity contribution in [1.82, 2.24) is 0 Å². The number of nitrogens with zero attached hydrogens (tertiary/aromatic N) is 4. The Kier molecular flexibility index (Phi) is 15.1. The van der Waals surface area contributed by atoms with Crippen molar-refractivity contribution in [2.24, 2.45) is 20.5 Å². The Balaban J connectivity index is 0.953. The zero-order valence-electron chi connectivity index (χ0n) is 41.7. The molecule has 0 bridgehead atoms. The smallest absolute Gasteiger partial charge is 0.259 e. The lowest BCUT2D eigenvalue weighted by molar-refractivity contribution is 0.101. The lowest BCUT2D eigenvalue weighted by Gasteiger charge is -2.17. The SMILES string of the molecule is CCOc1ccc(N=Nc2c(O)c(C(=O)Nc3ccc(NC(=O)c4cc5ccccc5c(N=Nc5ccc(OCC)c(C(=O)Nc6ccccc6)c5)c4O)c(C)c3C)cc3ccccc23)cc1C(=O)Nc1ccccc1. The van der Waals surface area contributed by atoms with E-state index >= 15 is 0 Å². The number of amides is 4. The van der Waals surface area contributed by atoms with Gasteiger partial charge in [0.25, 0.3) is 23.6 Å². The Morgan fingerprint density at radius 3 is 1.18 bits per heavy atom. The Labute approximate surface area is 436 Å². The molecule has 0 aliphatic rings. The van der Waals surface area contributed by atoms with Crippen LogP contribution in [0, 0.1) is 13.8 Å². The summed E-state index contributed by atoms with van der Waals surface area (Å²) in [4.78, 5) is 55.1. The summed E-state index contributed by atoms with van der Waals surface area (Å²) in [7, 11) is 0. The maximum atomic E-state index is 14.1. The molecule has 9 aromatic rings. The van der Waals surface area contributed by atoms with Gasteiger partial charge in [0.1, 0.15) is 22.9 Å². The maximum Gasteiger partial charge on any atom is 0.259 e. The molecule has 0 aliphatic heterocycles. The van der Waals surface area contributed by atoms with Crippen molar-refractivity contribution in [3.05, 3.63) is 203 Å². The van der Waals surface area contributed by atoms with Gasteiger partial charge in [-0.3, -0.25) is 19.2 Å². The Morgan fingerprint density at radius 2 is 0.789 bits per heavy atom. The molecule has 0 heterocycles. The standard InChI is InChI=1S/C60H50N8O8/c1-5-75-51-29-25-41(33-45(51)57(71)61-39-19-9-7-10-20-39)65-67-53-43-23-15-13-17-37(43)31-47(55(53)69)59(73)63-49-27-28-50(36(4)35(49)3)64-60(74)48-32-38-18-14-16-24-44(38)54(56(48)70)68-66-42-26-30-52(76-6-2)46(34-42)58(72)62-40-21-11-8-12-22-40/h7-34,69-70H,5-6H2,1-4H3,(H,61,71)(H,62,72)(H,63,73)(H,64,74). The van der Waals surface area contributed by atoms with Crippen LogP contribution < -0.4 is 30.7 Å². The van der Waals surface area contributed by atoms with Gasteiger partial charge in [0, 0.05) is 33.5 Å². The maximum absolute atomic E-state index is 14.1. The number of aromatic hydroxyl groups is 2. The molecule has 0 aliphatic carbocycles. The lowest BCUT2D eigenvalue weighted by Crippen LogP contribution is -2.16. The van der Waals surface area contributed by atoms with Crippen molar-refractivity contribution in [3.8, 4) is 23.0 Å². The molecule has 9 aromatic carbocycles. The first-order valence-electron chi connectivity index (χ1n) is 24.2. The van der Waals surface area contributed by atoms with Crippen molar-refractivity contribution in [3.63, 3.8) is 0 Å². The average molecular weight is 1010 g/mol. The molecule has 0 saturated heterocycles. The second-order valence-corrected chi connectivity index (χ2v) is 17.3. The number of phenolic OH excluding ortho intramolecular Hbond substituents is 2. The van der Waals surface area contributed by atoms with E-state index in [0.717, 1.165) is 0 Å². The fourth-order valence-electron chi connectivity index (χ4n) is 8.39. The van der Waals surface area contributed by atoms with Crippen molar-refractivity contribution >= 4 is 90.7 Å². The van der Waals surface area contributed by atoms with Gasteiger partial charge in [-0.25, -0.2) is 0 Å². The molecule has 378 valence electrons. The highest BCUT2D eigenvalue weighted by Gasteiger charge is 2.23. The second-order valence-electron chi connectivity index (χ2n) is 17.3. The van der Waals surface area contributed by atoms with E-state index in [0.29, 0.717) is 91.5 Å². The molecule has 0 radical (unpaired) electrons. The molecule has 0 saturated carbocycles. The van der Waals surface area contributed by atoms with E-state index in [9.17, 15) is 29.4 Å². The molecule has 0 atom stereocenters. The molecule has 16 nitrogen and oxygen atoms in total. The topological polar surface area (TPSA) is 225 Å². The van der Waals surface area contributed by atoms with E-state index in [4.69, 9.17) is 9.47 Å². The fraction of sp³-hybridized carbons (Fsp3) is 0.100. The summed E-state index contributed by atoms with van der Waals surface area (Å²) in [5, 5.41) is 54.9. The fourth-order valence-corrected chi connectivity index (χ4v) is 8.39. The number of ether oxygens (including phenoxy) is 2. The summed E-state index contributed by atoms with van der Waals surface area (Å²) in [5.74, 6) is -2.24. The highest BCUT2D eigenvalue weighted by molar-refractivity contribution is 6.14. The summed E-state index contributed by atoms with van der Waals surface area (Å²) in [6.45, 7) is 7.82. The number of anilines is 4. The van der Waals surface area contributed by atoms with E-state index in [1.807, 2.05) is 50.2 Å². The van der Waals surface area contributed by atoms with E-state index in [-0.39, 0.29) is 33.6 Å². The van der Waals surface area contributed by atoms with Crippen molar-refractivity contribution in [1.29, 1.82) is 0 Å². The van der Waals surface area contributed by atoms with Crippen LogP contribution in [0.25, 0.3) is 21.5 Å². The van der Waals surface area contributed by atoms with Gasteiger partial charge in [-0.2, -0.15) is 10.2 Å². The first kappa shape index (κ1) is 50.7. The second kappa shape index (κ2) is 22.7. The number of hydrogen-bond acceptors (Lipinski definition) is 12. The number of hydrogen-bond donors (Lipinski definition) is 6. The third-order valence-electron chi connectivity index (χ3n) is 12.4. The molecular formula is C60H50N8O8. The van der Waals surface area contributed by atoms with E-state index < -0.39 is 35.1 Å². The van der Waals surface area contributed by atoms with E-state index in [1.165, 1.54) is 12.1 Å². The summed E-state index contributed by atoms with van der Waals surface area (Å²) < 4.78 is 11.5. The zero-order valence-corrected chi connectivity index (χ0v) is 41.7. The Morgan fingerprint density at radius 1 is 0.421 bits per heavy atom. The number of rotatable bonds is 16. The predicted octanol–water partition coefficient (Wildman–Crippen LogP) is 14.7. The van der Waals surface area contributed by atoms with Gasteiger partial charge in [-0.15, -0.1) is 10.2 Å². The molecule has 76 heavy (non-hydrogen) atoms. The minimum Gasteiger partial charge on any atom is -0.505 e. The minimum absolute atomic E-state index is 0.0360. The lowest BCUT2D eigenvalue weighted by atomic mass is 10.0. The first-order chi connectivity index (χ1) is 36.9. The number of para-hydroxylation sites is 2. The van der Waals surface area contributed by atoms with E-state index in [1.54, 1.807) is 135 Å². The van der Waals surface area contributed by atoms with Crippen LogP contribution in [0.4, 0.5) is 45.5 Å². The summed E-state index contributed by atoms with van der Waals surface area (Å²) in [5.41, 5.74) is 4.18. The van der Waals surface area contributed by atoms with Crippen LogP contribution in [0.2, 0.25) is 0 Å². The zero-order chi connectivity index (χ0) is 53.3. The Bertz CT molecular complexity index is 3530. The summed E-state index contributed by atoms with van der Waals surface area (Å²) >= 11 is 0. The number of fused-ring (bicyclic) bond motifs is 2. The van der Waals surface area contributed by atoms with Gasteiger partial charge in [0.15, 0.2) is 11.5 Å². The molecular weight excluding hydrogens is 961 g/mol. The quantitative estimate of drug-likeness (QED) is 0.0509. The monoisotopic (exact) mass is 1010 g/mol. The van der Waals surface area contributed by atoms with Gasteiger partial charge >= 0.3 is 0 Å². The van der Waals surface area contributed by atoms with Crippen LogP contribution in [0.3, 0.4) is 0 Å². The van der Waals surface area contributed by atoms with Gasteiger partial charge in [0.2, 0.25) is 0 Å². The van der Waals surface area contributed by atoms with Gasteiger partial charge in [0.05, 0.1) is 46.8 Å². The average Bonchev–Trinajstić information content (AvgIpc) is 3.43. The molecule has 9 rings (SSSR count). The number of carbonyl (C=O) groups is 4. The van der Waals surface area contributed by atoms with Crippen LogP contribution in [-0.2, 0) is 0 Å². The Hall–Kier alpha value is -10.2. The number of nitrogens with one attached hydrogen (secondary N) is 4. The molecule has 0 spiro atoms. The number of benzene rings is 9. The highest BCUT2D eigenvalue weighted by atomic mass is 16.5. The molecule has 0 aromatic heterocycles. The molecule has 4 amide bonds. The summed E-state index contributed by atoms with van der Waals surface area (Å²) in [6, 6.07) is 48.1. The molecule has 0 fully saturated rings. The van der Waals surface area contributed by atoms with Crippen LogP contribution in [0.5, 0.6) is 23.0 Å². The van der Waals surface area contributed by atoms with Gasteiger partial charge in [-0.1, -0.05) is 84.9 Å². The predicted molar refractivity (Wildman–Crippen MR) is 295 cm³/mol. The number of phenols is 2. The normalized spacial score (nSPS) is 11.2. The summed E-state index contributed by atoms with van der Waals surface area (Å²) in [6.07, 6.45) is 0. The van der Waals surface area contributed by atoms with Crippen LogP contribution in [0.1, 0.15) is 66.4 Å². The van der Waals surface area contributed by atoms with Gasteiger partial charge < -0.3 is 41.0 Å². The minimum atomic E-state index is -0.639. The molecule has 0 unspecified atom stereocenters. The number of carbonyl (C=O) groups excluding carboxylic acids is 4. The third-order valence-corrected chi connectivity index (χ3v) is 12.4. The van der Waals surface area contributed by atoms with Crippen molar-refractivity contribution < 1.29 is 38.9 Å². The van der Waals surface area contributed by atoms with Crippen molar-refractivity contribution in [2.45, 2.75) is 27.7 Å².